The SMILES string of the molecule is Cl.Fc1cccc(C#Cc2cccnc2)c1. The summed E-state index contributed by atoms with van der Waals surface area (Å²) in [5, 5.41) is 0. The highest BCUT2D eigenvalue weighted by Crippen LogP contribution is 2.02. The molecule has 0 bridgehead atoms. The van der Waals surface area contributed by atoms with E-state index in [0.717, 1.165) is 5.56 Å². The molecule has 0 aliphatic rings. The lowest BCUT2D eigenvalue weighted by Gasteiger charge is -1.90. The molecule has 80 valence electrons. The van der Waals surface area contributed by atoms with Gasteiger partial charge in [-0.05, 0) is 30.3 Å². The van der Waals surface area contributed by atoms with Crippen molar-refractivity contribution in [2.45, 2.75) is 0 Å². The second kappa shape index (κ2) is 5.89. The van der Waals surface area contributed by atoms with Gasteiger partial charge in [-0.3, -0.25) is 4.98 Å². The van der Waals surface area contributed by atoms with E-state index in [1.54, 1.807) is 24.5 Å². The van der Waals surface area contributed by atoms with E-state index in [1.165, 1.54) is 12.1 Å². The van der Waals surface area contributed by atoms with Crippen LogP contribution in [-0.2, 0) is 0 Å². The van der Waals surface area contributed by atoms with Gasteiger partial charge in [0.15, 0.2) is 0 Å². The van der Waals surface area contributed by atoms with Crippen LogP contribution in [0.3, 0.4) is 0 Å². The molecule has 2 aromatic rings. The normalized spacial score (nSPS) is 8.56. The van der Waals surface area contributed by atoms with Crippen LogP contribution in [0.4, 0.5) is 4.39 Å². The maximum atomic E-state index is 12.8. The average molecular weight is 234 g/mol. The number of halogens is 2. The average Bonchev–Trinajstić information content (AvgIpc) is 2.28. The molecule has 0 unspecified atom stereocenters. The molecule has 0 aliphatic carbocycles. The molecule has 0 saturated carbocycles. The van der Waals surface area contributed by atoms with E-state index in [1.807, 2.05) is 12.1 Å². The zero-order valence-electron chi connectivity index (χ0n) is 8.35. The Morgan fingerprint density at radius 2 is 1.75 bits per heavy atom. The fourth-order valence-electron chi connectivity index (χ4n) is 1.15. The maximum Gasteiger partial charge on any atom is 0.124 e. The maximum absolute atomic E-state index is 12.8. The molecule has 1 nitrogen and oxygen atoms in total. The fourth-order valence-corrected chi connectivity index (χ4v) is 1.15. The Balaban J connectivity index is 0.00000128. The predicted octanol–water partition coefficient (Wildman–Crippen LogP) is 3.04. The minimum atomic E-state index is -0.270. The Morgan fingerprint density at radius 1 is 1.00 bits per heavy atom. The molecule has 0 fully saturated rings. The van der Waals surface area contributed by atoms with Crippen LogP contribution in [0.1, 0.15) is 11.1 Å². The summed E-state index contributed by atoms with van der Waals surface area (Å²) in [7, 11) is 0. The summed E-state index contributed by atoms with van der Waals surface area (Å²) in [4.78, 5) is 3.94. The summed E-state index contributed by atoms with van der Waals surface area (Å²) in [6, 6.07) is 9.89. The third-order valence-corrected chi connectivity index (χ3v) is 1.84. The van der Waals surface area contributed by atoms with Gasteiger partial charge in [-0.2, -0.15) is 0 Å². The molecule has 0 amide bonds. The lowest BCUT2D eigenvalue weighted by molar-refractivity contribution is 0.627. The van der Waals surface area contributed by atoms with Crippen molar-refractivity contribution in [3.63, 3.8) is 0 Å². The van der Waals surface area contributed by atoms with Crippen LogP contribution in [0.25, 0.3) is 0 Å². The van der Waals surface area contributed by atoms with Crippen molar-refractivity contribution < 1.29 is 4.39 Å². The summed E-state index contributed by atoms with van der Waals surface area (Å²) in [6.45, 7) is 0. The van der Waals surface area contributed by atoms with Crippen molar-refractivity contribution in [2.75, 3.05) is 0 Å². The van der Waals surface area contributed by atoms with Crippen molar-refractivity contribution in [1.29, 1.82) is 0 Å². The van der Waals surface area contributed by atoms with E-state index in [9.17, 15) is 4.39 Å². The molecule has 1 heterocycles. The number of benzene rings is 1. The first-order valence-corrected chi connectivity index (χ1v) is 4.52. The van der Waals surface area contributed by atoms with Crippen LogP contribution < -0.4 is 0 Å². The van der Waals surface area contributed by atoms with Gasteiger partial charge in [0.05, 0.1) is 0 Å². The zero-order chi connectivity index (χ0) is 10.5. The largest absolute Gasteiger partial charge is 0.263 e. The summed E-state index contributed by atoms with van der Waals surface area (Å²) >= 11 is 0. The molecule has 3 heteroatoms. The van der Waals surface area contributed by atoms with Crippen LogP contribution in [0.5, 0.6) is 0 Å². The first-order chi connectivity index (χ1) is 7.34. The minimum absolute atomic E-state index is 0. The first kappa shape index (κ1) is 12.2. The Bertz CT molecular complexity index is 514. The van der Waals surface area contributed by atoms with Crippen LogP contribution in [0.15, 0.2) is 48.8 Å². The monoisotopic (exact) mass is 233 g/mol. The standard InChI is InChI=1S/C13H8FN.ClH/c14-13-5-1-3-11(9-13)6-7-12-4-2-8-15-10-12;/h1-5,8-10H;1H. The molecule has 0 radical (unpaired) electrons. The van der Waals surface area contributed by atoms with E-state index in [0.29, 0.717) is 5.56 Å². The van der Waals surface area contributed by atoms with E-state index in [-0.39, 0.29) is 18.2 Å². The third-order valence-electron chi connectivity index (χ3n) is 1.84. The number of hydrogen-bond acceptors (Lipinski definition) is 1. The number of rotatable bonds is 0. The van der Waals surface area contributed by atoms with Gasteiger partial charge < -0.3 is 0 Å². The highest BCUT2D eigenvalue weighted by atomic mass is 35.5. The second-order valence-corrected chi connectivity index (χ2v) is 3.00. The molecule has 0 atom stereocenters. The van der Waals surface area contributed by atoms with Gasteiger partial charge in [0.2, 0.25) is 0 Å². The lowest BCUT2D eigenvalue weighted by Crippen LogP contribution is -1.78. The highest BCUT2D eigenvalue weighted by molar-refractivity contribution is 5.85. The predicted molar refractivity (Wildman–Crippen MR) is 63.9 cm³/mol. The highest BCUT2D eigenvalue weighted by Gasteiger charge is 1.89. The van der Waals surface area contributed by atoms with Crippen molar-refractivity contribution in [2.24, 2.45) is 0 Å². The molecule has 0 N–H and O–H groups in total. The van der Waals surface area contributed by atoms with Gasteiger partial charge in [-0.15, -0.1) is 12.4 Å². The van der Waals surface area contributed by atoms with Crippen molar-refractivity contribution in [1.82, 2.24) is 4.98 Å². The molecular formula is C13H9ClFN. The summed E-state index contributed by atoms with van der Waals surface area (Å²) < 4.78 is 12.8. The number of nitrogens with zero attached hydrogens (tertiary/aromatic N) is 1. The molecule has 2 rings (SSSR count). The van der Waals surface area contributed by atoms with E-state index >= 15 is 0 Å². The molecule has 0 saturated heterocycles. The molecule has 1 aromatic heterocycles. The van der Waals surface area contributed by atoms with Gasteiger partial charge in [-0.1, -0.05) is 17.9 Å². The number of pyridine rings is 1. The first-order valence-electron chi connectivity index (χ1n) is 4.52. The van der Waals surface area contributed by atoms with Gasteiger partial charge in [0.25, 0.3) is 0 Å². The van der Waals surface area contributed by atoms with Crippen LogP contribution >= 0.6 is 12.4 Å². The minimum Gasteiger partial charge on any atom is -0.263 e. The van der Waals surface area contributed by atoms with Gasteiger partial charge in [-0.25, -0.2) is 4.39 Å². The molecule has 0 spiro atoms. The van der Waals surface area contributed by atoms with Crippen LogP contribution in [0.2, 0.25) is 0 Å². The summed E-state index contributed by atoms with van der Waals surface area (Å²) in [6.07, 6.45) is 3.36. The van der Waals surface area contributed by atoms with Crippen molar-refractivity contribution in [3.05, 3.63) is 65.7 Å². The topological polar surface area (TPSA) is 12.9 Å². The Labute approximate surface area is 99.8 Å². The van der Waals surface area contributed by atoms with Crippen molar-refractivity contribution >= 4 is 12.4 Å². The smallest absolute Gasteiger partial charge is 0.124 e. The zero-order valence-corrected chi connectivity index (χ0v) is 9.17. The summed E-state index contributed by atoms with van der Waals surface area (Å²) in [5.41, 5.74) is 1.49. The summed E-state index contributed by atoms with van der Waals surface area (Å²) in [5.74, 6) is 5.51. The molecular weight excluding hydrogens is 225 g/mol. The van der Waals surface area contributed by atoms with Crippen LogP contribution in [0, 0.1) is 17.7 Å². The fraction of sp³-hybridized carbons (Fsp3) is 0. The van der Waals surface area contributed by atoms with E-state index in [2.05, 4.69) is 16.8 Å². The van der Waals surface area contributed by atoms with E-state index < -0.39 is 0 Å². The number of hydrogen-bond donors (Lipinski definition) is 0. The number of aromatic nitrogens is 1. The second-order valence-electron chi connectivity index (χ2n) is 3.00. The Kier molecular flexibility index (Phi) is 4.50. The lowest BCUT2D eigenvalue weighted by atomic mass is 10.2. The third kappa shape index (κ3) is 3.38. The van der Waals surface area contributed by atoms with E-state index in [4.69, 9.17) is 0 Å². The molecule has 0 aliphatic heterocycles. The van der Waals surface area contributed by atoms with Gasteiger partial charge in [0.1, 0.15) is 5.82 Å². The molecule has 16 heavy (non-hydrogen) atoms. The molecule has 1 aromatic carbocycles. The van der Waals surface area contributed by atoms with Crippen molar-refractivity contribution in [3.8, 4) is 11.8 Å². The Morgan fingerprint density at radius 3 is 2.44 bits per heavy atom. The van der Waals surface area contributed by atoms with Gasteiger partial charge in [0, 0.05) is 23.5 Å². The quantitative estimate of drug-likeness (QED) is 0.638. The Hall–Kier alpha value is -1.85. The van der Waals surface area contributed by atoms with Crippen LogP contribution in [-0.4, -0.2) is 4.98 Å². The van der Waals surface area contributed by atoms with Gasteiger partial charge >= 0.3 is 0 Å².